The number of carbonyl (C=O) groups is 1. The van der Waals surface area contributed by atoms with Gasteiger partial charge in [-0.05, 0) is 6.92 Å². The molecule has 0 spiro atoms. The number of hydrogen-bond acceptors (Lipinski definition) is 5. The summed E-state index contributed by atoms with van der Waals surface area (Å²) in [5, 5.41) is 0. The molecule has 1 amide bonds. The predicted molar refractivity (Wildman–Crippen MR) is 77.0 cm³/mol. The lowest BCUT2D eigenvalue weighted by Gasteiger charge is -2.29. The van der Waals surface area contributed by atoms with Crippen LogP contribution in [0.1, 0.15) is 13.8 Å². The van der Waals surface area contributed by atoms with E-state index in [-0.39, 0.29) is 18.2 Å². The molecule has 1 N–H and O–H groups in total. The second kappa shape index (κ2) is 8.56. The average Bonchev–Trinajstić information content (AvgIpc) is 2.43. The Labute approximate surface area is 121 Å². The third-order valence-corrected chi connectivity index (χ3v) is 4.72. The van der Waals surface area contributed by atoms with Crippen LogP contribution in [0.3, 0.4) is 0 Å². The fraction of sp³-hybridized carbons (Fsp3) is 0.917. The zero-order valence-corrected chi connectivity index (χ0v) is 13.1. The molecule has 0 aromatic carbocycles. The van der Waals surface area contributed by atoms with Crippen LogP contribution in [0.15, 0.2) is 0 Å². The van der Waals surface area contributed by atoms with E-state index in [1.165, 1.54) is 6.92 Å². The Morgan fingerprint density at radius 1 is 1.30 bits per heavy atom. The van der Waals surface area contributed by atoms with Crippen molar-refractivity contribution in [1.29, 1.82) is 0 Å². The number of nitrogens with one attached hydrogen (secondary N) is 1. The maximum atomic E-state index is 11.5. The SMILES string of the molecule is CCS(=O)(=O)NCCN(CCN1CCOCC1)C(C)=O. The van der Waals surface area contributed by atoms with Gasteiger partial charge in [-0.25, -0.2) is 13.1 Å². The molecule has 7 nitrogen and oxygen atoms in total. The summed E-state index contributed by atoms with van der Waals surface area (Å²) in [7, 11) is -3.19. The first-order chi connectivity index (χ1) is 9.44. The van der Waals surface area contributed by atoms with Crippen molar-refractivity contribution in [2.45, 2.75) is 13.8 Å². The minimum atomic E-state index is -3.19. The maximum Gasteiger partial charge on any atom is 0.219 e. The van der Waals surface area contributed by atoms with Crippen molar-refractivity contribution in [2.24, 2.45) is 0 Å². The van der Waals surface area contributed by atoms with E-state index in [2.05, 4.69) is 9.62 Å². The average molecular weight is 307 g/mol. The van der Waals surface area contributed by atoms with E-state index < -0.39 is 10.0 Å². The Morgan fingerprint density at radius 3 is 2.50 bits per heavy atom. The second-order valence-electron chi connectivity index (χ2n) is 4.76. The molecule has 0 unspecified atom stereocenters. The molecule has 0 aliphatic carbocycles. The normalized spacial score (nSPS) is 17.1. The van der Waals surface area contributed by atoms with Crippen LogP contribution in [-0.2, 0) is 19.6 Å². The Bertz CT molecular complexity index is 394. The summed E-state index contributed by atoms with van der Waals surface area (Å²) in [5.41, 5.74) is 0. The molecule has 20 heavy (non-hydrogen) atoms. The van der Waals surface area contributed by atoms with Crippen molar-refractivity contribution < 1.29 is 17.9 Å². The van der Waals surface area contributed by atoms with Gasteiger partial charge < -0.3 is 9.64 Å². The lowest BCUT2D eigenvalue weighted by atomic mass is 10.3. The molecule has 1 aliphatic heterocycles. The summed E-state index contributed by atoms with van der Waals surface area (Å²) in [6, 6.07) is 0. The number of rotatable bonds is 8. The van der Waals surface area contributed by atoms with E-state index in [9.17, 15) is 13.2 Å². The number of morpholine rings is 1. The highest BCUT2D eigenvalue weighted by Crippen LogP contribution is 1.98. The fourth-order valence-corrected chi connectivity index (χ4v) is 2.56. The van der Waals surface area contributed by atoms with Gasteiger partial charge in [-0.3, -0.25) is 9.69 Å². The third-order valence-electron chi connectivity index (χ3n) is 3.32. The molecule has 1 rings (SSSR count). The Morgan fingerprint density at radius 2 is 1.95 bits per heavy atom. The smallest absolute Gasteiger partial charge is 0.219 e. The molecule has 0 atom stereocenters. The first kappa shape index (κ1) is 17.4. The van der Waals surface area contributed by atoms with Crippen molar-refractivity contribution in [3.63, 3.8) is 0 Å². The van der Waals surface area contributed by atoms with Crippen molar-refractivity contribution in [1.82, 2.24) is 14.5 Å². The molecule has 0 aromatic heterocycles. The van der Waals surface area contributed by atoms with Gasteiger partial charge in [0.25, 0.3) is 0 Å². The van der Waals surface area contributed by atoms with Gasteiger partial charge >= 0.3 is 0 Å². The van der Waals surface area contributed by atoms with E-state index in [1.807, 2.05) is 0 Å². The zero-order valence-electron chi connectivity index (χ0n) is 12.3. The molecule has 1 saturated heterocycles. The molecular formula is C12H25N3O4S. The van der Waals surface area contributed by atoms with Crippen LogP contribution in [0, 0.1) is 0 Å². The van der Waals surface area contributed by atoms with E-state index in [0.29, 0.717) is 13.1 Å². The van der Waals surface area contributed by atoms with E-state index in [4.69, 9.17) is 4.74 Å². The molecule has 1 heterocycles. The molecule has 118 valence electrons. The number of nitrogens with zero attached hydrogens (tertiary/aromatic N) is 2. The molecule has 0 bridgehead atoms. The first-order valence-electron chi connectivity index (χ1n) is 6.97. The Balaban J connectivity index is 2.31. The zero-order chi connectivity index (χ0) is 15.0. The number of amides is 1. The van der Waals surface area contributed by atoms with Gasteiger partial charge in [0.1, 0.15) is 0 Å². The van der Waals surface area contributed by atoms with E-state index in [0.717, 1.165) is 32.8 Å². The number of carbonyl (C=O) groups excluding carboxylic acids is 1. The number of ether oxygens (including phenoxy) is 1. The lowest BCUT2D eigenvalue weighted by molar-refractivity contribution is -0.129. The summed E-state index contributed by atoms with van der Waals surface area (Å²) in [5.74, 6) is 0.0230. The molecule has 1 aliphatic rings. The second-order valence-corrected chi connectivity index (χ2v) is 6.85. The van der Waals surface area contributed by atoms with Crippen LogP contribution >= 0.6 is 0 Å². The molecule has 0 saturated carbocycles. The maximum absolute atomic E-state index is 11.5. The van der Waals surface area contributed by atoms with Gasteiger partial charge in [-0.1, -0.05) is 0 Å². The molecule has 8 heteroatoms. The van der Waals surface area contributed by atoms with Crippen LogP contribution < -0.4 is 4.72 Å². The third kappa shape index (κ3) is 6.65. The van der Waals surface area contributed by atoms with Gasteiger partial charge in [-0.15, -0.1) is 0 Å². The predicted octanol–water partition coefficient (Wildman–Crippen LogP) is -0.894. The highest BCUT2D eigenvalue weighted by molar-refractivity contribution is 7.89. The standard InChI is InChI=1S/C12H25N3O4S/c1-3-20(17,18)13-4-5-15(12(2)16)7-6-14-8-10-19-11-9-14/h13H,3-11H2,1-2H3. The largest absolute Gasteiger partial charge is 0.379 e. The summed E-state index contributed by atoms with van der Waals surface area (Å²) in [6.07, 6.45) is 0. The van der Waals surface area contributed by atoms with Crippen LogP contribution in [0.2, 0.25) is 0 Å². The summed E-state index contributed by atoms with van der Waals surface area (Å²) < 4.78 is 30.4. The topological polar surface area (TPSA) is 79.0 Å². The molecule has 0 radical (unpaired) electrons. The van der Waals surface area contributed by atoms with Crippen LogP contribution in [0.5, 0.6) is 0 Å². The molecule has 1 fully saturated rings. The monoisotopic (exact) mass is 307 g/mol. The Hall–Kier alpha value is -0.700. The van der Waals surface area contributed by atoms with E-state index >= 15 is 0 Å². The van der Waals surface area contributed by atoms with Crippen molar-refractivity contribution in [3.8, 4) is 0 Å². The van der Waals surface area contributed by atoms with Gasteiger partial charge in [0.05, 0.1) is 19.0 Å². The first-order valence-corrected chi connectivity index (χ1v) is 8.63. The van der Waals surface area contributed by atoms with Gasteiger partial charge in [-0.2, -0.15) is 0 Å². The Kier molecular flexibility index (Phi) is 7.42. The summed E-state index contributed by atoms with van der Waals surface area (Å²) in [6.45, 7) is 8.40. The van der Waals surface area contributed by atoms with Crippen molar-refractivity contribution >= 4 is 15.9 Å². The van der Waals surface area contributed by atoms with Crippen LogP contribution in [0.25, 0.3) is 0 Å². The van der Waals surface area contributed by atoms with Gasteiger partial charge in [0, 0.05) is 46.2 Å². The molecular weight excluding hydrogens is 282 g/mol. The summed E-state index contributed by atoms with van der Waals surface area (Å²) >= 11 is 0. The minimum absolute atomic E-state index is 0.0334. The van der Waals surface area contributed by atoms with Crippen LogP contribution in [0.4, 0.5) is 0 Å². The van der Waals surface area contributed by atoms with Crippen molar-refractivity contribution in [2.75, 3.05) is 58.2 Å². The van der Waals surface area contributed by atoms with Gasteiger partial charge in [0.2, 0.25) is 15.9 Å². The van der Waals surface area contributed by atoms with Crippen LogP contribution in [-0.4, -0.2) is 82.4 Å². The molecule has 0 aromatic rings. The number of sulfonamides is 1. The van der Waals surface area contributed by atoms with Crippen molar-refractivity contribution in [3.05, 3.63) is 0 Å². The lowest BCUT2D eigenvalue weighted by Crippen LogP contribution is -2.44. The fourth-order valence-electron chi connectivity index (χ4n) is 1.95. The van der Waals surface area contributed by atoms with E-state index in [1.54, 1.807) is 11.8 Å². The highest BCUT2D eigenvalue weighted by Gasteiger charge is 2.14. The summed E-state index contributed by atoms with van der Waals surface area (Å²) in [4.78, 5) is 15.5. The van der Waals surface area contributed by atoms with Gasteiger partial charge in [0.15, 0.2) is 0 Å². The minimum Gasteiger partial charge on any atom is -0.379 e. The highest BCUT2D eigenvalue weighted by atomic mass is 32.2. The number of hydrogen-bond donors (Lipinski definition) is 1. The quantitative estimate of drug-likeness (QED) is 0.629.